The van der Waals surface area contributed by atoms with Crippen LogP contribution in [0.5, 0.6) is 5.75 Å². The Labute approximate surface area is 104 Å². The van der Waals surface area contributed by atoms with Gasteiger partial charge in [0.2, 0.25) is 0 Å². The topological polar surface area (TPSA) is 86.7 Å². The van der Waals surface area contributed by atoms with E-state index in [0.29, 0.717) is 5.69 Å². The van der Waals surface area contributed by atoms with Crippen LogP contribution in [-0.4, -0.2) is 43.1 Å². The van der Waals surface area contributed by atoms with E-state index in [-0.39, 0.29) is 29.3 Å². The van der Waals surface area contributed by atoms with Gasteiger partial charge in [0.15, 0.2) is 9.84 Å². The molecule has 7 heteroatoms. The van der Waals surface area contributed by atoms with Gasteiger partial charge >= 0.3 is 6.03 Å². The summed E-state index contributed by atoms with van der Waals surface area (Å²) in [6, 6.07) is 5.23. The molecule has 0 spiro atoms. The van der Waals surface area contributed by atoms with Gasteiger partial charge in [-0.05, 0) is 12.1 Å². The van der Waals surface area contributed by atoms with Crippen LogP contribution in [0.25, 0.3) is 0 Å². The zero-order valence-corrected chi connectivity index (χ0v) is 10.2. The average molecular weight is 268 g/mol. The van der Waals surface area contributed by atoms with Gasteiger partial charge in [-0.15, -0.1) is 0 Å². The summed E-state index contributed by atoms with van der Waals surface area (Å²) in [7, 11) is -3.12. The molecule has 1 aromatic carbocycles. The molecule has 0 bridgehead atoms. The van der Waals surface area contributed by atoms with Crippen molar-refractivity contribution < 1.29 is 18.3 Å². The van der Waals surface area contributed by atoms with Gasteiger partial charge in [0.25, 0.3) is 0 Å². The lowest BCUT2D eigenvalue weighted by Gasteiger charge is -2.21. The molecular weight excluding hydrogens is 256 g/mol. The number of hydrogen-bond donors (Lipinski definition) is 2. The SMILES string of the molecule is O=C1N[C@H]2CS(=O)(=O)C[C@H]2N1c1ccccc1O. The van der Waals surface area contributed by atoms with Gasteiger partial charge in [-0.25, -0.2) is 13.2 Å². The first-order chi connectivity index (χ1) is 8.48. The zero-order chi connectivity index (χ0) is 12.9. The number of sulfone groups is 1. The molecule has 96 valence electrons. The van der Waals surface area contributed by atoms with Crippen molar-refractivity contribution in [1.82, 2.24) is 5.32 Å². The van der Waals surface area contributed by atoms with Crippen molar-refractivity contribution in [3.63, 3.8) is 0 Å². The fraction of sp³-hybridized carbons (Fsp3) is 0.364. The molecule has 0 aromatic heterocycles. The van der Waals surface area contributed by atoms with Crippen molar-refractivity contribution in [3.8, 4) is 5.75 Å². The number of carbonyl (C=O) groups is 1. The maximum Gasteiger partial charge on any atom is 0.322 e. The van der Waals surface area contributed by atoms with Crippen molar-refractivity contribution in [2.24, 2.45) is 0 Å². The Kier molecular flexibility index (Phi) is 2.28. The second kappa shape index (κ2) is 3.61. The van der Waals surface area contributed by atoms with E-state index in [2.05, 4.69) is 5.32 Å². The number of rotatable bonds is 1. The fourth-order valence-corrected chi connectivity index (χ4v) is 4.45. The third-order valence-electron chi connectivity index (χ3n) is 3.32. The quantitative estimate of drug-likeness (QED) is 0.707. The number of anilines is 1. The maximum absolute atomic E-state index is 11.9. The van der Waals surface area contributed by atoms with E-state index >= 15 is 0 Å². The van der Waals surface area contributed by atoms with E-state index in [4.69, 9.17) is 0 Å². The Bertz CT molecular complexity index is 613. The molecule has 2 atom stereocenters. The number of fused-ring (bicyclic) bond motifs is 1. The van der Waals surface area contributed by atoms with Gasteiger partial charge in [-0.3, -0.25) is 4.90 Å². The highest BCUT2D eigenvalue weighted by Crippen LogP contribution is 2.34. The number of benzene rings is 1. The summed E-state index contributed by atoms with van der Waals surface area (Å²) < 4.78 is 23.1. The number of nitrogens with zero attached hydrogens (tertiary/aromatic N) is 1. The van der Waals surface area contributed by atoms with Crippen LogP contribution in [0.15, 0.2) is 24.3 Å². The predicted octanol–water partition coefficient (Wildman–Crippen LogP) is 0.0874. The van der Waals surface area contributed by atoms with E-state index in [1.54, 1.807) is 18.2 Å². The van der Waals surface area contributed by atoms with Gasteiger partial charge < -0.3 is 10.4 Å². The predicted molar refractivity (Wildman–Crippen MR) is 65.3 cm³/mol. The van der Waals surface area contributed by atoms with Gasteiger partial charge in [0.1, 0.15) is 5.75 Å². The number of phenolic OH excluding ortho intramolecular Hbond substituents is 1. The molecule has 2 saturated heterocycles. The number of carbonyl (C=O) groups excluding carboxylic acids is 1. The molecule has 2 heterocycles. The van der Waals surface area contributed by atoms with E-state index in [9.17, 15) is 18.3 Å². The zero-order valence-electron chi connectivity index (χ0n) is 9.41. The highest BCUT2D eigenvalue weighted by atomic mass is 32.2. The van der Waals surface area contributed by atoms with Gasteiger partial charge in [0, 0.05) is 0 Å². The number of aromatic hydroxyl groups is 1. The van der Waals surface area contributed by atoms with Gasteiger partial charge in [-0.2, -0.15) is 0 Å². The third kappa shape index (κ3) is 1.62. The number of amides is 2. The van der Waals surface area contributed by atoms with E-state index < -0.39 is 15.9 Å². The van der Waals surface area contributed by atoms with Crippen LogP contribution in [0, 0.1) is 0 Å². The minimum absolute atomic E-state index is 0.0300. The minimum atomic E-state index is -3.12. The summed E-state index contributed by atoms with van der Waals surface area (Å²) >= 11 is 0. The molecule has 1 aromatic rings. The Hall–Kier alpha value is -1.76. The second-order valence-electron chi connectivity index (χ2n) is 4.56. The van der Waals surface area contributed by atoms with E-state index in [0.717, 1.165) is 0 Å². The maximum atomic E-state index is 11.9. The lowest BCUT2D eigenvalue weighted by atomic mass is 10.1. The Morgan fingerprint density at radius 2 is 2.00 bits per heavy atom. The fourth-order valence-electron chi connectivity index (χ4n) is 2.56. The molecule has 18 heavy (non-hydrogen) atoms. The van der Waals surface area contributed by atoms with Crippen molar-refractivity contribution in [2.45, 2.75) is 12.1 Å². The number of nitrogens with one attached hydrogen (secondary N) is 1. The Morgan fingerprint density at radius 1 is 1.28 bits per heavy atom. The first kappa shape index (κ1) is 11.3. The number of hydrogen-bond acceptors (Lipinski definition) is 4. The van der Waals surface area contributed by atoms with Crippen LogP contribution in [-0.2, 0) is 9.84 Å². The van der Waals surface area contributed by atoms with Crippen molar-refractivity contribution in [3.05, 3.63) is 24.3 Å². The average Bonchev–Trinajstić information content (AvgIpc) is 2.70. The molecule has 0 saturated carbocycles. The first-order valence-electron chi connectivity index (χ1n) is 5.56. The summed E-state index contributed by atoms with van der Waals surface area (Å²) in [5.74, 6) is -0.129. The monoisotopic (exact) mass is 268 g/mol. The van der Waals surface area contributed by atoms with Crippen LogP contribution in [0.2, 0.25) is 0 Å². The molecule has 3 rings (SSSR count). The number of phenols is 1. The molecular formula is C11H12N2O4S. The third-order valence-corrected chi connectivity index (χ3v) is 5.04. The van der Waals surface area contributed by atoms with Crippen LogP contribution < -0.4 is 10.2 Å². The molecule has 0 aliphatic carbocycles. The molecule has 2 N–H and O–H groups in total. The summed E-state index contributed by atoms with van der Waals surface area (Å²) in [6.45, 7) is 0. The second-order valence-corrected chi connectivity index (χ2v) is 6.71. The molecule has 2 fully saturated rings. The standard InChI is InChI=1S/C11H12N2O4S/c14-10-4-2-1-3-8(10)13-9-6-18(16,17)5-7(9)12-11(13)15/h1-4,7,9,14H,5-6H2,(H,12,15)/t7-,9+/m0/s1. The summed E-state index contributed by atoms with van der Waals surface area (Å²) in [5, 5.41) is 12.4. The number of urea groups is 1. The van der Waals surface area contributed by atoms with Crippen LogP contribution in [0.4, 0.5) is 10.5 Å². The van der Waals surface area contributed by atoms with Gasteiger partial charge in [0.05, 0.1) is 29.3 Å². The van der Waals surface area contributed by atoms with Crippen molar-refractivity contribution >= 4 is 21.6 Å². The van der Waals surface area contributed by atoms with E-state index in [1.165, 1.54) is 11.0 Å². The number of para-hydroxylation sites is 2. The largest absolute Gasteiger partial charge is 0.506 e. The molecule has 6 nitrogen and oxygen atoms in total. The van der Waals surface area contributed by atoms with Gasteiger partial charge in [-0.1, -0.05) is 12.1 Å². The molecule has 2 aliphatic rings. The van der Waals surface area contributed by atoms with E-state index in [1.807, 2.05) is 0 Å². The highest BCUT2D eigenvalue weighted by Gasteiger charge is 2.49. The van der Waals surface area contributed by atoms with Crippen LogP contribution in [0.1, 0.15) is 0 Å². The summed E-state index contributed by atoms with van der Waals surface area (Å²) in [5.41, 5.74) is 0.347. The van der Waals surface area contributed by atoms with Crippen LogP contribution in [0.3, 0.4) is 0 Å². The lowest BCUT2D eigenvalue weighted by Crippen LogP contribution is -2.36. The molecule has 0 unspecified atom stereocenters. The first-order valence-corrected chi connectivity index (χ1v) is 7.38. The lowest BCUT2D eigenvalue weighted by molar-refractivity contribution is 0.251. The summed E-state index contributed by atoms with van der Waals surface area (Å²) in [6.07, 6.45) is 0. The molecule has 0 radical (unpaired) electrons. The van der Waals surface area contributed by atoms with Crippen LogP contribution >= 0.6 is 0 Å². The Balaban J connectivity index is 2.02. The Morgan fingerprint density at radius 3 is 2.72 bits per heavy atom. The summed E-state index contributed by atoms with van der Waals surface area (Å²) in [4.78, 5) is 13.2. The van der Waals surface area contributed by atoms with Crippen molar-refractivity contribution in [1.29, 1.82) is 0 Å². The molecule has 2 aliphatic heterocycles. The molecule has 2 amide bonds. The van der Waals surface area contributed by atoms with Crippen molar-refractivity contribution in [2.75, 3.05) is 16.4 Å². The minimum Gasteiger partial charge on any atom is -0.506 e. The highest BCUT2D eigenvalue weighted by molar-refractivity contribution is 7.91. The normalized spacial score (nSPS) is 29.1. The smallest absolute Gasteiger partial charge is 0.322 e.